The summed E-state index contributed by atoms with van der Waals surface area (Å²) in [4.78, 5) is -0.393. The Morgan fingerprint density at radius 3 is 2.61 bits per heavy atom. The van der Waals surface area contributed by atoms with Crippen molar-refractivity contribution in [3.05, 3.63) is 28.0 Å². The first-order valence-electron chi connectivity index (χ1n) is 5.44. The molecule has 1 aromatic carbocycles. The number of aliphatic hydroxyl groups excluding tert-OH is 1. The van der Waals surface area contributed by atoms with Crippen LogP contribution in [0.2, 0.25) is 0 Å². The van der Waals surface area contributed by atoms with Gasteiger partial charge in [0.1, 0.15) is 10.7 Å². The monoisotopic (exact) mass is 337 g/mol. The fraction of sp³-hybridized carbons (Fsp3) is 0.455. The van der Waals surface area contributed by atoms with Gasteiger partial charge < -0.3 is 5.11 Å². The summed E-state index contributed by atoms with van der Waals surface area (Å²) < 4.78 is 40.1. The summed E-state index contributed by atoms with van der Waals surface area (Å²) in [6.07, 6.45) is 1.61. The summed E-state index contributed by atoms with van der Waals surface area (Å²) in [5.41, 5.74) is -0.0350. The van der Waals surface area contributed by atoms with Gasteiger partial charge in [-0.2, -0.15) is 4.31 Å². The van der Waals surface area contributed by atoms with E-state index < -0.39 is 27.3 Å². The second-order valence-electron chi connectivity index (χ2n) is 4.29. The highest BCUT2D eigenvalue weighted by molar-refractivity contribution is 9.10. The van der Waals surface area contributed by atoms with E-state index in [1.54, 1.807) is 0 Å². The molecule has 100 valence electrons. The minimum atomic E-state index is -3.84. The van der Waals surface area contributed by atoms with Crippen LogP contribution in [0, 0.1) is 5.82 Å². The molecule has 1 fully saturated rings. The molecule has 0 unspecified atom stereocenters. The summed E-state index contributed by atoms with van der Waals surface area (Å²) in [5.74, 6) is -0.881. The van der Waals surface area contributed by atoms with Crippen LogP contribution in [0.25, 0.3) is 0 Å². The first-order valence-corrected chi connectivity index (χ1v) is 7.68. The van der Waals surface area contributed by atoms with Gasteiger partial charge in [-0.25, -0.2) is 12.8 Å². The Morgan fingerprint density at radius 1 is 1.50 bits per heavy atom. The van der Waals surface area contributed by atoms with Crippen molar-refractivity contribution in [2.45, 2.75) is 30.4 Å². The molecule has 18 heavy (non-hydrogen) atoms. The molecule has 1 N–H and O–H groups in total. The van der Waals surface area contributed by atoms with Crippen molar-refractivity contribution in [3.63, 3.8) is 0 Å². The van der Waals surface area contributed by atoms with Gasteiger partial charge in [-0.15, -0.1) is 0 Å². The molecule has 0 radical (unpaired) electrons. The van der Waals surface area contributed by atoms with E-state index in [9.17, 15) is 12.8 Å². The van der Waals surface area contributed by atoms with Crippen LogP contribution in [0.4, 0.5) is 4.39 Å². The molecule has 1 aliphatic rings. The zero-order valence-corrected chi connectivity index (χ0v) is 12.1. The van der Waals surface area contributed by atoms with Gasteiger partial charge in [0.25, 0.3) is 0 Å². The number of benzene rings is 1. The lowest BCUT2D eigenvalue weighted by atomic mass is 10.2. The number of aliphatic hydroxyl groups is 1. The molecule has 1 aliphatic carbocycles. The topological polar surface area (TPSA) is 57.6 Å². The lowest BCUT2D eigenvalue weighted by molar-refractivity contribution is 0.274. The van der Waals surface area contributed by atoms with E-state index in [0.717, 1.165) is 12.8 Å². The lowest BCUT2D eigenvalue weighted by Gasteiger charge is -2.18. The number of nitrogens with zero attached hydrogens (tertiary/aromatic N) is 1. The predicted octanol–water partition coefficient (Wildman–Crippen LogP) is 1.86. The molecule has 7 heteroatoms. The molecule has 0 heterocycles. The van der Waals surface area contributed by atoms with Crippen LogP contribution in [-0.4, -0.2) is 30.9 Å². The Kier molecular flexibility index (Phi) is 3.77. The molecule has 1 aromatic rings. The summed E-state index contributed by atoms with van der Waals surface area (Å²) in [6.45, 7) is -0.541. The average Bonchev–Trinajstić information content (AvgIpc) is 3.14. The molecule has 2 rings (SSSR count). The largest absolute Gasteiger partial charge is 0.392 e. The summed E-state index contributed by atoms with van der Waals surface area (Å²) >= 11 is 3.12. The zero-order chi connectivity index (χ0) is 13.5. The van der Waals surface area contributed by atoms with Gasteiger partial charge in [0.05, 0.1) is 6.61 Å². The second kappa shape index (κ2) is 4.88. The first kappa shape index (κ1) is 13.9. The molecular weight excluding hydrogens is 325 g/mol. The van der Waals surface area contributed by atoms with Crippen LogP contribution < -0.4 is 0 Å². The zero-order valence-electron chi connectivity index (χ0n) is 9.73. The number of hydrogen-bond donors (Lipinski definition) is 1. The molecular formula is C11H13BrFNO3S. The molecule has 0 atom stereocenters. The number of hydrogen-bond acceptors (Lipinski definition) is 3. The SMILES string of the molecule is CN(C1CC1)S(=O)(=O)c1cc(Br)cc(CO)c1F. The minimum absolute atomic E-state index is 0.0350. The molecule has 0 aliphatic heterocycles. The normalized spacial score (nSPS) is 16.3. The van der Waals surface area contributed by atoms with Crippen LogP contribution in [-0.2, 0) is 16.6 Å². The predicted molar refractivity (Wildman–Crippen MR) is 68.0 cm³/mol. The van der Waals surface area contributed by atoms with E-state index in [2.05, 4.69) is 15.9 Å². The molecule has 1 saturated carbocycles. The maximum atomic E-state index is 14.0. The maximum absolute atomic E-state index is 14.0. The minimum Gasteiger partial charge on any atom is -0.392 e. The van der Waals surface area contributed by atoms with E-state index in [1.807, 2.05) is 0 Å². The van der Waals surface area contributed by atoms with Crippen LogP contribution in [0.15, 0.2) is 21.5 Å². The maximum Gasteiger partial charge on any atom is 0.246 e. The number of halogens is 2. The van der Waals surface area contributed by atoms with E-state index >= 15 is 0 Å². The molecule has 4 nitrogen and oxygen atoms in total. The van der Waals surface area contributed by atoms with Crippen molar-refractivity contribution < 1.29 is 17.9 Å². The van der Waals surface area contributed by atoms with E-state index in [4.69, 9.17) is 5.11 Å². The van der Waals surface area contributed by atoms with Gasteiger partial charge in [0.2, 0.25) is 10.0 Å². The molecule has 0 bridgehead atoms. The second-order valence-corrected chi connectivity index (χ2v) is 7.17. The van der Waals surface area contributed by atoms with Gasteiger partial charge in [-0.1, -0.05) is 15.9 Å². The van der Waals surface area contributed by atoms with E-state index in [-0.39, 0.29) is 11.6 Å². The van der Waals surface area contributed by atoms with Crippen LogP contribution in [0.1, 0.15) is 18.4 Å². The Morgan fingerprint density at radius 2 is 2.11 bits per heavy atom. The highest BCUT2D eigenvalue weighted by Crippen LogP contribution is 2.33. The third-order valence-corrected chi connectivity index (χ3v) is 5.33. The van der Waals surface area contributed by atoms with Crippen molar-refractivity contribution in [2.75, 3.05) is 7.05 Å². The van der Waals surface area contributed by atoms with E-state index in [1.165, 1.54) is 23.5 Å². The third kappa shape index (κ3) is 2.45. The van der Waals surface area contributed by atoms with Crippen molar-refractivity contribution in [1.82, 2.24) is 4.31 Å². The number of rotatable bonds is 4. The molecule has 0 saturated heterocycles. The highest BCUT2D eigenvalue weighted by Gasteiger charge is 2.36. The van der Waals surface area contributed by atoms with Gasteiger partial charge >= 0.3 is 0 Å². The van der Waals surface area contributed by atoms with Crippen molar-refractivity contribution in [2.24, 2.45) is 0 Å². The summed E-state index contributed by atoms with van der Waals surface area (Å²) in [5, 5.41) is 9.02. The third-order valence-electron chi connectivity index (χ3n) is 2.97. The molecule has 0 spiro atoms. The van der Waals surface area contributed by atoms with Gasteiger partial charge in [-0.3, -0.25) is 0 Å². The Bertz CT molecular complexity index is 572. The van der Waals surface area contributed by atoms with E-state index in [0.29, 0.717) is 4.47 Å². The quantitative estimate of drug-likeness (QED) is 0.912. The molecule has 0 aromatic heterocycles. The fourth-order valence-corrected chi connectivity index (χ4v) is 3.91. The summed E-state index contributed by atoms with van der Waals surface area (Å²) in [6, 6.07) is 2.56. The Balaban J connectivity index is 2.53. The van der Waals surface area contributed by atoms with Gasteiger partial charge in [-0.05, 0) is 25.0 Å². The van der Waals surface area contributed by atoms with Crippen molar-refractivity contribution in [1.29, 1.82) is 0 Å². The van der Waals surface area contributed by atoms with Crippen LogP contribution in [0.5, 0.6) is 0 Å². The Labute approximate surface area is 114 Å². The number of sulfonamides is 1. The lowest BCUT2D eigenvalue weighted by Crippen LogP contribution is -2.29. The van der Waals surface area contributed by atoms with Crippen LogP contribution >= 0.6 is 15.9 Å². The smallest absolute Gasteiger partial charge is 0.246 e. The standard InChI is InChI=1S/C11H13BrFNO3S/c1-14(9-2-3-9)18(16,17)10-5-8(12)4-7(6-15)11(10)13/h4-5,9,15H,2-3,6H2,1H3. The Hall–Kier alpha value is -0.500. The van der Waals surface area contributed by atoms with Crippen molar-refractivity contribution >= 4 is 26.0 Å². The first-order chi connectivity index (χ1) is 8.37. The van der Waals surface area contributed by atoms with Gasteiger partial charge in [0.15, 0.2) is 0 Å². The van der Waals surface area contributed by atoms with Gasteiger partial charge in [0, 0.05) is 23.1 Å². The van der Waals surface area contributed by atoms with Crippen LogP contribution in [0.3, 0.4) is 0 Å². The fourth-order valence-electron chi connectivity index (χ4n) is 1.71. The molecule has 0 amide bonds. The summed E-state index contributed by atoms with van der Waals surface area (Å²) in [7, 11) is -2.39. The average molecular weight is 338 g/mol. The highest BCUT2D eigenvalue weighted by atomic mass is 79.9. The van der Waals surface area contributed by atoms with Crippen molar-refractivity contribution in [3.8, 4) is 0 Å².